The van der Waals surface area contributed by atoms with E-state index < -0.39 is 120 Å². The molecule has 16 nitrogen and oxygen atoms in total. The molecule has 2 spiro atoms. The fourth-order valence-corrected chi connectivity index (χ4v) is 14.5. The molecule has 3 saturated heterocycles. The van der Waals surface area contributed by atoms with Gasteiger partial charge in [0.1, 0.15) is 54.9 Å². The summed E-state index contributed by atoms with van der Waals surface area (Å²) in [4.78, 5) is 12.4. The van der Waals surface area contributed by atoms with Crippen LogP contribution < -0.4 is 0 Å². The van der Waals surface area contributed by atoms with E-state index in [0.29, 0.717) is 25.7 Å². The lowest BCUT2D eigenvalue weighted by molar-refractivity contribution is -0.381. The van der Waals surface area contributed by atoms with Gasteiger partial charge >= 0.3 is 5.97 Å². The number of rotatable bonds is 8. The maximum atomic E-state index is 13.5. The topological polar surface area (TPSA) is 255 Å². The van der Waals surface area contributed by atoms with E-state index >= 15 is 0 Å². The summed E-state index contributed by atoms with van der Waals surface area (Å²) in [5.74, 6) is -3.40. The van der Waals surface area contributed by atoms with Crippen LogP contribution in [0.4, 0.5) is 0 Å². The molecule has 336 valence electrons. The van der Waals surface area contributed by atoms with Gasteiger partial charge in [0.25, 0.3) is 0 Å². The number of esters is 1. The minimum atomic E-state index is -2.11. The highest BCUT2D eigenvalue weighted by Crippen LogP contribution is 2.89. The Bertz CT molecular complexity index is 1670. The molecule has 8 aliphatic rings. The molecule has 0 amide bonds. The van der Waals surface area contributed by atoms with Gasteiger partial charge in [0.05, 0.1) is 24.9 Å². The molecule has 3 aliphatic heterocycles. The monoisotopic (exact) mass is 840 g/mol. The molecule has 8 rings (SSSR count). The molecule has 0 bridgehead atoms. The number of carbonyl (C=O) groups excluding carboxylic acids is 1. The van der Waals surface area contributed by atoms with E-state index in [1.807, 2.05) is 6.92 Å². The Kier molecular flexibility index (Phi) is 10.8. The number of hydrogen-bond acceptors (Lipinski definition) is 16. The van der Waals surface area contributed by atoms with Gasteiger partial charge < -0.3 is 74.4 Å². The summed E-state index contributed by atoms with van der Waals surface area (Å²) in [5.41, 5.74) is -2.96. The van der Waals surface area contributed by atoms with Gasteiger partial charge in [-0.15, -0.1) is 0 Å². The van der Waals surface area contributed by atoms with Crippen LogP contribution in [0.1, 0.15) is 100 Å². The van der Waals surface area contributed by atoms with E-state index in [1.54, 1.807) is 0 Å². The maximum Gasteiger partial charge on any atom is 0.303 e. The zero-order chi connectivity index (χ0) is 43.2. The molecular weight excluding hydrogens is 772 g/mol. The summed E-state index contributed by atoms with van der Waals surface area (Å²) in [6.07, 6.45) is -9.63. The Hall–Kier alpha value is -1.35. The first kappa shape index (κ1) is 44.3. The third-order valence-corrected chi connectivity index (χ3v) is 17.3. The number of carbonyl (C=O) groups is 1. The van der Waals surface area contributed by atoms with E-state index in [1.165, 1.54) is 20.8 Å². The molecule has 0 aromatic carbocycles. The molecule has 59 heavy (non-hydrogen) atoms. The van der Waals surface area contributed by atoms with Crippen LogP contribution in [-0.2, 0) is 33.2 Å². The fraction of sp³-hybridized carbons (Fsp3) is 0.930. The molecule has 7 fully saturated rings. The van der Waals surface area contributed by atoms with Crippen LogP contribution in [0.25, 0.3) is 0 Å². The zero-order valence-corrected chi connectivity index (χ0v) is 35.6. The first-order valence-corrected chi connectivity index (χ1v) is 21.6. The van der Waals surface area contributed by atoms with Crippen LogP contribution >= 0.6 is 0 Å². The van der Waals surface area contributed by atoms with Crippen molar-refractivity contribution in [1.82, 2.24) is 0 Å². The number of allylic oxidation sites excluding steroid dienone is 1. The highest BCUT2D eigenvalue weighted by atomic mass is 16.7. The summed E-state index contributed by atoms with van der Waals surface area (Å²) in [5, 5.41) is 98.9. The van der Waals surface area contributed by atoms with Crippen LogP contribution in [0.3, 0.4) is 0 Å². The van der Waals surface area contributed by atoms with E-state index in [4.69, 9.17) is 28.4 Å². The second-order valence-corrected chi connectivity index (χ2v) is 21.2. The van der Waals surface area contributed by atoms with Crippen LogP contribution in [0.2, 0.25) is 0 Å². The lowest BCUT2D eigenvalue weighted by Crippen LogP contribution is -2.65. The second-order valence-electron chi connectivity index (χ2n) is 21.2. The fourth-order valence-electron chi connectivity index (χ4n) is 14.5. The van der Waals surface area contributed by atoms with Crippen LogP contribution in [-0.4, -0.2) is 156 Å². The quantitative estimate of drug-likeness (QED) is 0.118. The summed E-state index contributed by atoms with van der Waals surface area (Å²) in [6.45, 7) is 14.1. The summed E-state index contributed by atoms with van der Waals surface area (Å²) < 4.78 is 37.5. The molecule has 3 heterocycles. The van der Waals surface area contributed by atoms with Crippen molar-refractivity contribution in [2.75, 3.05) is 13.2 Å². The molecule has 16 heteroatoms. The van der Waals surface area contributed by atoms with Crippen LogP contribution in [0.15, 0.2) is 11.6 Å². The first-order chi connectivity index (χ1) is 27.4. The predicted octanol–water partition coefficient (Wildman–Crippen LogP) is 0.391. The van der Waals surface area contributed by atoms with Crippen LogP contribution in [0, 0.1) is 44.8 Å². The van der Waals surface area contributed by atoms with Crippen molar-refractivity contribution >= 4 is 5.97 Å². The zero-order valence-electron chi connectivity index (χ0n) is 35.6. The Balaban J connectivity index is 1.19. The Labute approximate surface area is 345 Å². The molecule has 5 aliphatic carbocycles. The number of aliphatic hydroxyl groups excluding tert-OH is 7. The van der Waals surface area contributed by atoms with E-state index in [2.05, 4.69) is 33.8 Å². The van der Waals surface area contributed by atoms with Crippen molar-refractivity contribution in [3.63, 3.8) is 0 Å². The molecule has 0 unspecified atom stereocenters. The summed E-state index contributed by atoms with van der Waals surface area (Å²) in [6, 6.07) is 0. The van der Waals surface area contributed by atoms with Gasteiger partial charge in [-0.05, 0) is 92.3 Å². The van der Waals surface area contributed by atoms with Crippen molar-refractivity contribution in [2.24, 2.45) is 44.8 Å². The van der Waals surface area contributed by atoms with Crippen molar-refractivity contribution in [2.45, 2.75) is 191 Å². The minimum Gasteiger partial charge on any atom is -0.457 e. The predicted molar refractivity (Wildman–Crippen MR) is 204 cm³/mol. The number of hydrogen-bond donors (Lipinski definition) is 9. The lowest BCUT2D eigenvalue weighted by atomic mass is 9.44. The van der Waals surface area contributed by atoms with Crippen molar-refractivity contribution in [3.8, 4) is 0 Å². The normalized spacial score (nSPS) is 54.4. The number of ether oxygens (including phenoxy) is 6. The van der Waals surface area contributed by atoms with Gasteiger partial charge in [0.2, 0.25) is 0 Å². The number of fused-ring (bicyclic) bond motifs is 4. The second kappa shape index (κ2) is 14.3. The average molecular weight is 841 g/mol. The molecule has 0 radical (unpaired) electrons. The standard InChI is InChI=1S/C43H68O16/c1-19-15-22(33(38(5,6)52)55-20(2)45)59-43(53)32(19)39(7)13-14-42-18-41(42)12-11-26(57-34-30(50)27(47)21(46)17-54-34)37(3,4)24(41)9-10-25(42)40(39,8)36(43)58-35-31(51)29(49)28(48)23(16-44)56-35/h10,19,21-24,26-36,44,46-53H,9,11-18H2,1-8H3/t19-,21-,22-,23-,24+,26+,27+,28-,29+,30-,31-,32-,33-,34+,35+,36-,39-,40-,41-,42+,43-/m1/s1. The highest BCUT2D eigenvalue weighted by molar-refractivity contribution is 5.66. The highest BCUT2D eigenvalue weighted by Gasteiger charge is 2.86. The summed E-state index contributed by atoms with van der Waals surface area (Å²) in [7, 11) is 0. The van der Waals surface area contributed by atoms with Crippen molar-refractivity contribution in [1.29, 1.82) is 0 Å². The van der Waals surface area contributed by atoms with Crippen molar-refractivity contribution < 1.29 is 79.2 Å². The molecule has 0 aromatic heterocycles. The molecular formula is C43H68O16. The third-order valence-electron chi connectivity index (χ3n) is 17.3. The SMILES string of the molecule is CC(=O)O[C@H]([C@H]1C[C@@H](C)[C@H]2[C@@](O)(O1)[C@H](O[C@@H]1O[C@H](CO)[C@@H](O)[C@H](O)[C@H]1O)[C@@]1(C)C3=CC[C@H]4C(C)(C)[C@@H](O[C@@H]5OC[C@@H](O)[C@H](O)[C@H]5O)CC[C@@]45C[C@@]35CC[C@]21C)C(C)(C)O. The third kappa shape index (κ3) is 6.09. The minimum absolute atomic E-state index is 0.146. The Morgan fingerprint density at radius 1 is 0.949 bits per heavy atom. The molecule has 4 saturated carbocycles. The Morgan fingerprint density at radius 2 is 1.63 bits per heavy atom. The molecule has 21 atom stereocenters. The van der Waals surface area contributed by atoms with Gasteiger partial charge in [0, 0.05) is 18.3 Å². The lowest BCUT2D eigenvalue weighted by Gasteiger charge is -2.60. The molecule has 9 N–H and O–H groups in total. The Morgan fingerprint density at radius 3 is 2.27 bits per heavy atom. The van der Waals surface area contributed by atoms with Gasteiger partial charge in [0.15, 0.2) is 24.5 Å². The number of aliphatic hydroxyl groups is 9. The average Bonchev–Trinajstić information content (AvgIpc) is 3.79. The summed E-state index contributed by atoms with van der Waals surface area (Å²) >= 11 is 0. The smallest absolute Gasteiger partial charge is 0.303 e. The largest absolute Gasteiger partial charge is 0.457 e. The van der Waals surface area contributed by atoms with Gasteiger partial charge in [-0.25, -0.2) is 0 Å². The van der Waals surface area contributed by atoms with Gasteiger partial charge in [-0.3, -0.25) is 4.79 Å². The van der Waals surface area contributed by atoms with Crippen LogP contribution in [0.5, 0.6) is 0 Å². The first-order valence-electron chi connectivity index (χ1n) is 21.6. The van der Waals surface area contributed by atoms with E-state index in [-0.39, 0.29) is 35.4 Å². The molecule has 0 aromatic rings. The maximum absolute atomic E-state index is 13.5. The van der Waals surface area contributed by atoms with Crippen molar-refractivity contribution in [3.05, 3.63) is 11.6 Å². The van der Waals surface area contributed by atoms with Gasteiger partial charge in [-0.1, -0.05) is 46.3 Å². The van der Waals surface area contributed by atoms with E-state index in [9.17, 15) is 50.8 Å². The van der Waals surface area contributed by atoms with Gasteiger partial charge in [-0.2, -0.15) is 0 Å². The van der Waals surface area contributed by atoms with E-state index in [0.717, 1.165) is 24.8 Å².